The van der Waals surface area contributed by atoms with Crippen LogP contribution >= 0.6 is 0 Å². The van der Waals surface area contributed by atoms with E-state index < -0.39 is 24.2 Å². The molecule has 1 unspecified atom stereocenters. The summed E-state index contributed by atoms with van der Waals surface area (Å²) < 4.78 is 0. The number of aromatic hydroxyl groups is 2. The first kappa shape index (κ1) is 24.0. The highest BCUT2D eigenvalue weighted by atomic mass is 16.4. The zero-order valence-corrected chi connectivity index (χ0v) is 18.8. The first-order valence-electron chi connectivity index (χ1n) is 10.7. The second-order valence-corrected chi connectivity index (χ2v) is 8.30. The number of carbonyl (C=O) groups excluding carboxylic acids is 2. The summed E-state index contributed by atoms with van der Waals surface area (Å²) in [6, 6.07) is 13.6. The Morgan fingerprint density at radius 3 is 2.28 bits per heavy atom. The van der Waals surface area contributed by atoms with Gasteiger partial charge in [-0.15, -0.1) is 0 Å². The molecule has 1 heterocycles. The summed E-state index contributed by atoms with van der Waals surface area (Å²) in [6.07, 6.45) is 0.00717. The summed E-state index contributed by atoms with van der Waals surface area (Å²) in [4.78, 5) is 38.0. The van der Waals surface area contributed by atoms with Crippen LogP contribution in [0.3, 0.4) is 0 Å². The number of nitrogens with one attached hydrogen (secondary N) is 2. The van der Waals surface area contributed by atoms with E-state index in [9.17, 15) is 29.7 Å². The van der Waals surface area contributed by atoms with Gasteiger partial charge in [-0.25, -0.2) is 0 Å². The van der Waals surface area contributed by atoms with Gasteiger partial charge in [-0.3, -0.25) is 15.0 Å². The number of nitrogens with two attached hydrogens (primary N) is 2. The predicted octanol–water partition coefficient (Wildman–Crippen LogP) is 3.05. The van der Waals surface area contributed by atoms with Gasteiger partial charge in [0.15, 0.2) is 0 Å². The molecule has 3 aromatic carbocycles. The number of aldehydes is 1. The third-order valence-electron chi connectivity index (χ3n) is 5.91. The molecule has 0 spiro atoms. The van der Waals surface area contributed by atoms with Crippen LogP contribution in [-0.2, 0) is 9.59 Å². The van der Waals surface area contributed by atoms with E-state index in [0.29, 0.717) is 28.4 Å². The van der Waals surface area contributed by atoms with Crippen molar-refractivity contribution in [3.05, 3.63) is 71.3 Å². The number of rotatable bonds is 8. The lowest BCUT2D eigenvalue weighted by Gasteiger charge is -2.17. The van der Waals surface area contributed by atoms with Gasteiger partial charge < -0.3 is 36.6 Å². The Morgan fingerprint density at radius 2 is 1.64 bits per heavy atom. The Morgan fingerprint density at radius 1 is 0.944 bits per heavy atom. The molecule has 4 aromatic rings. The topological polar surface area (TPSA) is 204 Å². The van der Waals surface area contributed by atoms with Crippen molar-refractivity contribution in [1.82, 2.24) is 4.98 Å². The molecular formula is C26H22N4O6. The highest BCUT2D eigenvalue weighted by molar-refractivity contribution is 6.00. The summed E-state index contributed by atoms with van der Waals surface area (Å²) >= 11 is 0. The summed E-state index contributed by atoms with van der Waals surface area (Å²) in [7, 11) is 0. The van der Waals surface area contributed by atoms with Crippen molar-refractivity contribution in [2.24, 2.45) is 11.5 Å². The van der Waals surface area contributed by atoms with Crippen LogP contribution in [0.5, 0.6) is 11.5 Å². The van der Waals surface area contributed by atoms with Crippen molar-refractivity contribution in [2.75, 3.05) is 0 Å². The van der Waals surface area contributed by atoms with Gasteiger partial charge in [-0.1, -0.05) is 0 Å². The summed E-state index contributed by atoms with van der Waals surface area (Å²) in [5.41, 5.74) is 13.3. The quantitative estimate of drug-likeness (QED) is 0.112. The molecule has 36 heavy (non-hydrogen) atoms. The smallest absolute Gasteiger partial charge is 0.304 e. The van der Waals surface area contributed by atoms with E-state index in [1.807, 2.05) is 0 Å². The van der Waals surface area contributed by atoms with E-state index in [2.05, 4.69) is 4.98 Å². The van der Waals surface area contributed by atoms with E-state index in [-0.39, 0.29) is 45.2 Å². The molecule has 182 valence electrons. The number of H-pyrrole nitrogens is 1. The number of fused-ring (bicyclic) bond motifs is 1. The molecule has 10 heteroatoms. The SMILES string of the molecule is N=C(N)c1ccc2[nH]c(-c3cc(C(C=O)CC(=O)O)cc(-c4cc(C(N)=O)ccc4O)c3O)cc2c1. The van der Waals surface area contributed by atoms with Crippen LogP contribution in [0.15, 0.2) is 54.6 Å². The molecule has 0 aliphatic carbocycles. The minimum atomic E-state index is -1.19. The fourth-order valence-electron chi connectivity index (χ4n) is 4.06. The zero-order chi connectivity index (χ0) is 26.1. The Hall–Kier alpha value is -5.12. The Balaban J connectivity index is 1.99. The lowest BCUT2D eigenvalue weighted by Crippen LogP contribution is -2.11. The van der Waals surface area contributed by atoms with E-state index in [1.165, 1.54) is 30.3 Å². The maximum absolute atomic E-state index is 11.8. The number of primary amides is 1. The van der Waals surface area contributed by atoms with Gasteiger partial charge in [0.1, 0.15) is 23.6 Å². The standard InChI is InChI=1S/C26H22N4O6/c27-25(28)12-1-3-20-15(5-12)9-21(30-20)19-8-14(16(11-31)10-23(33)34)7-18(24(19)35)17-6-13(26(29)36)2-4-22(17)32/h1-9,11,16,30,32,35H,10H2,(H3,27,28)(H2,29,36)(H,33,34). The predicted molar refractivity (Wildman–Crippen MR) is 133 cm³/mol. The van der Waals surface area contributed by atoms with Gasteiger partial charge in [-0.05, 0) is 60.2 Å². The van der Waals surface area contributed by atoms with Crippen LogP contribution in [0.4, 0.5) is 0 Å². The molecule has 0 saturated heterocycles. The maximum atomic E-state index is 11.8. The Labute approximate surface area is 204 Å². The molecule has 1 atom stereocenters. The van der Waals surface area contributed by atoms with Crippen LogP contribution in [0, 0.1) is 5.41 Å². The number of phenols is 2. The monoisotopic (exact) mass is 486 g/mol. The van der Waals surface area contributed by atoms with Crippen molar-refractivity contribution in [3.8, 4) is 33.9 Å². The molecule has 0 bridgehead atoms. The number of carbonyl (C=O) groups is 3. The van der Waals surface area contributed by atoms with Gasteiger partial charge in [0.25, 0.3) is 0 Å². The van der Waals surface area contributed by atoms with Crippen molar-refractivity contribution in [1.29, 1.82) is 5.41 Å². The van der Waals surface area contributed by atoms with E-state index in [0.717, 1.165) is 0 Å². The highest BCUT2D eigenvalue weighted by Gasteiger charge is 2.23. The van der Waals surface area contributed by atoms with Crippen LogP contribution in [0.1, 0.15) is 33.8 Å². The van der Waals surface area contributed by atoms with E-state index in [1.54, 1.807) is 24.3 Å². The number of phenolic OH excluding ortho intramolecular Hbond substituents is 2. The molecular weight excluding hydrogens is 464 g/mol. The Kier molecular flexibility index (Phi) is 6.18. The van der Waals surface area contributed by atoms with Gasteiger partial charge in [-0.2, -0.15) is 0 Å². The van der Waals surface area contributed by atoms with Gasteiger partial charge in [0.2, 0.25) is 5.91 Å². The molecule has 0 fully saturated rings. The second kappa shape index (κ2) is 9.26. The number of carboxylic acids is 1. The summed E-state index contributed by atoms with van der Waals surface area (Å²) in [6.45, 7) is 0. The fraction of sp³-hybridized carbons (Fsp3) is 0.0769. The summed E-state index contributed by atoms with van der Waals surface area (Å²) in [5, 5.41) is 39.4. The third-order valence-corrected chi connectivity index (χ3v) is 5.91. The molecule has 10 nitrogen and oxygen atoms in total. The second-order valence-electron chi connectivity index (χ2n) is 8.30. The van der Waals surface area contributed by atoms with Crippen molar-refractivity contribution < 1.29 is 29.7 Å². The molecule has 0 radical (unpaired) electrons. The van der Waals surface area contributed by atoms with Gasteiger partial charge >= 0.3 is 5.97 Å². The molecule has 9 N–H and O–H groups in total. The number of hydrogen-bond donors (Lipinski definition) is 7. The molecule has 0 aliphatic heterocycles. The van der Waals surface area contributed by atoms with Crippen molar-refractivity contribution in [2.45, 2.75) is 12.3 Å². The number of aromatic amines is 1. The van der Waals surface area contributed by atoms with Crippen LogP contribution in [0.2, 0.25) is 0 Å². The first-order chi connectivity index (χ1) is 17.1. The average molecular weight is 486 g/mol. The van der Waals surface area contributed by atoms with Gasteiger partial charge in [0.05, 0.1) is 18.0 Å². The number of benzene rings is 3. The molecule has 1 amide bonds. The lowest BCUT2D eigenvalue weighted by atomic mass is 9.89. The number of aromatic nitrogens is 1. The molecule has 0 saturated carbocycles. The van der Waals surface area contributed by atoms with Crippen molar-refractivity contribution >= 4 is 34.9 Å². The van der Waals surface area contributed by atoms with Gasteiger partial charge in [0, 0.05) is 38.7 Å². The van der Waals surface area contributed by atoms with Crippen LogP contribution < -0.4 is 11.5 Å². The molecule has 1 aromatic heterocycles. The number of nitrogen functional groups attached to an aromatic ring is 1. The lowest BCUT2D eigenvalue weighted by molar-refractivity contribution is -0.138. The zero-order valence-electron chi connectivity index (χ0n) is 18.8. The average Bonchev–Trinajstić information content (AvgIpc) is 3.26. The first-order valence-corrected chi connectivity index (χ1v) is 10.7. The third kappa shape index (κ3) is 4.47. The number of hydrogen-bond acceptors (Lipinski definition) is 6. The summed E-state index contributed by atoms with van der Waals surface area (Å²) in [5.74, 6) is -3.64. The fourth-order valence-corrected chi connectivity index (χ4v) is 4.06. The minimum Gasteiger partial charge on any atom is -0.507 e. The normalized spacial score (nSPS) is 11.8. The molecule has 4 rings (SSSR count). The van der Waals surface area contributed by atoms with Crippen LogP contribution in [0.25, 0.3) is 33.3 Å². The van der Waals surface area contributed by atoms with Crippen molar-refractivity contribution in [3.63, 3.8) is 0 Å². The minimum absolute atomic E-state index is 0.0712. The van der Waals surface area contributed by atoms with Crippen LogP contribution in [-0.4, -0.2) is 44.3 Å². The Bertz CT molecular complexity index is 1560. The highest BCUT2D eigenvalue weighted by Crippen LogP contribution is 2.44. The number of amides is 1. The largest absolute Gasteiger partial charge is 0.507 e. The number of aliphatic carboxylic acids is 1. The number of amidine groups is 1. The van der Waals surface area contributed by atoms with E-state index >= 15 is 0 Å². The maximum Gasteiger partial charge on any atom is 0.304 e. The molecule has 0 aliphatic rings. The number of carboxylic acid groups (broad SMARTS) is 1. The van der Waals surface area contributed by atoms with E-state index in [4.69, 9.17) is 16.9 Å².